The van der Waals surface area contributed by atoms with E-state index in [1.54, 1.807) is 0 Å². The molecule has 0 aliphatic carbocycles. The summed E-state index contributed by atoms with van der Waals surface area (Å²) >= 11 is 0. The number of aryl methyl sites for hydroxylation is 1. The van der Waals surface area contributed by atoms with Gasteiger partial charge in [-0.15, -0.1) is 0 Å². The molecule has 0 spiro atoms. The van der Waals surface area contributed by atoms with Crippen molar-refractivity contribution in [1.82, 2.24) is 10.2 Å². The lowest BCUT2D eigenvalue weighted by molar-refractivity contribution is -0.143. The minimum absolute atomic E-state index is 0.0375. The van der Waals surface area contributed by atoms with Crippen LogP contribution in [0.2, 0.25) is 0 Å². The average molecular weight is 332 g/mol. The zero-order valence-corrected chi connectivity index (χ0v) is 14.7. The summed E-state index contributed by atoms with van der Waals surface area (Å²) in [5.74, 6) is 0.141. The van der Waals surface area contributed by atoms with Crippen molar-refractivity contribution in [2.24, 2.45) is 0 Å². The van der Waals surface area contributed by atoms with Gasteiger partial charge >= 0.3 is 0 Å². The normalized spacial score (nSPS) is 27.4. The number of hydrogen-bond acceptors (Lipinski definition) is 4. The molecule has 1 N–H and O–H groups in total. The van der Waals surface area contributed by atoms with Crippen molar-refractivity contribution in [2.75, 3.05) is 32.8 Å². The van der Waals surface area contributed by atoms with Gasteiger partial charge < -0.3 is 19.7 Å². The summed E-state index contributed by atoms with van der Waals surface area (Å²) in [5.41, 5.74) is 2.38. The smallest absolute Gasteiger partial charge is 0.236 e. The Labute approximate surface area is 144 Å². The van der Waals surface area contributed by atoms with Crippen LogP contribution in [0.25, 0.3) is 0 Å². The second-order valence-electron chi connectivity index (χ2n) is 6.84. The molecule has 1 aromatic carbocycles. The van der Waals surface area contributed by atoms with Gasteiger partial charge in [-0.25, -0.2) is 0 Å². The van der Waals surface area contributed by atoms with Crippen LogP contribution in [-0.4, -0.2) is 55.8 Å². The highest BCUT2D eigenvalue weighted by Crippen LogP contribution is 2.27. The first-order valence-electron chi connectivity index (χ1n) is 8.94. The third-order valence-electron chi connectivity index (χ3n) is 4.96. The highest BCUT2D eigenvalue weighted by Gasteiger charge is 2.30. The third kappa shape index (κ3) is 4.15. The van der Waals surface area contributed by atoms with Crippen molar-refractivity contribution in [2.45, 2.75) is 44.9 Å². The molecule has 3 atom stereocenters. The first-order valence-corrected chi connectivity index (χ1v) is 8.94. The molecular weight excluding hydrogens is 304 g/mol. The van der Waals surface area contributed by atoms with E-state index in [0.717, 1.165) is 26.0 Å². The summed E-state index contributed by atoms with van der Waals surface area (Å²) in [6, 6.07) is 8.35. The number of amides is 1. The first-order chi connectivity index (χ1) is 11.6. The van der Waals surface area contributed by atoms with Crippen LogP contribution in [0.1, 0.15) is 37.0 Å². The molecule has 2 saturated heterocycles. The summed E-state index contributed by atoms with van der Waals surface area (Å²) in [4.78, 5) is 14.6. The van der Waals surface area contributed by atoms with Gasteiger partial charge in [-0.05, 0) is 37.8 Å². The molecule has 0 radical (unpaired) electrons. The Hall–Kier alpha value is -1.43. The molecule has 2 aliphatic rings. The number of benzene rings is 1. The van der Waals surface area contributed by atoms with E-state index in [9.17, 15) is 4.79 Å². The number of rotatable bonds is 5. The third-order valence-corrected chi connectivity index (χ3v) is 4.96. The summed E-state index contributed by atoms with van der Waals surface area (Å²) in [6.07, 6.45) is 2.44. The fraction of sp³-hybridized carbons (Fsp3) is 0.632. The van der Waals surface area contributed by atoms with Crippen LogP contribution in [0.15, 0.2) is 24.3 Å². The van der Waals surface area contributed by atoms with Gasteiger partial charge in [-0.2, -0.15) is 0 Å². The molecule has 132 valence electrons. The van der Waals surface area contributed by atoms with Gasteiger partial charge in [-0.3, -0.25) is 4.79 Å². The Bertz CT molecular complexity index is 557. The molecule has 24 heavy (non-hydrogen) atoms. The molecule has 2 fully saturated rings. The fourth-order valence-electron chi connectivity index (χ4n) is 3.49. The molecular formula is C19H28N2O3. The maximum absolute atomic E-state index is 12.6. The standard InChI is InChI=1S/C19H28N2O3/c1-14-6-3-4-8-17(14)18-12-21(15(2)13-24-18)19(22)11-20-10-16-7-5-9-23-16/h3-4,6,8,15-16,18,20H,5,7,9-13H2,1-2H3/t15-,16+,18-/m0/s1. The maximum atomic E-state index is 12.6. The number of carbonyl (C=O) groups is 1. The molecule has 1 amide bonds. The quantitative estimate of drug-likeness (QED) is 0.897. The molecule has 0 saturated carbocycles. The molecule has 5 nitrogen and oxygen atoms in total. The highest BCUT2D eigenvalue weighted by atomic mass is 16.5. The van der Waals surface area contributed by atoms with E-state index in [4.69, 9.17) is 9.47 Å². The molecule has 2 heterocycles. The molecule has 0 unspecified atom stereocenters. The number of nitrogens with one attached hydrogen (secondary N) is 1. The lowest BCUT2D eigenvalue weighted by atomic mass is 10.0. The minimum Gasteiger partial charge on any atom is -0.377 e. The lowest BCUT2D eigenvalue weighted by Crippen LogP contribution is -2.51. The Kier molecular flexibility index (Phi) is 5.87. The number of carbonyl (C=O) groups excluding carboxylic acids is 1. The van der Waals surface area contributed by atoms with Gasteiger partial charge in [-0.1, -0.05) is 24.3 Å². The van der Waals surface area contributed by atoms with E-state index in [0.29, 0.717) is 19.7 Å². The topological polar surface area (TPSA) is 50.8 Å². The van der Waals surface area contributed by atoms with Gasteiger partial charge in [0.15, 0.2) is 0 Å². The van der Waals surface area contributed by atoms with E-state index >= 15 is 0 Å². The Morgan fingerprint density at radius 2 is 2.17 bits per heavy atom. The number of hydrogen-bond donors (Lipinski definition) is 1. The van der Waals surface area contributed by atoms with E-state index < -0.39 is 0 Å². The summed E-state index contributed by atoms with van der Waals surface area (Å²) in [7, 11) is 0. The van der Waals surface area contributed by atoms with Gasteiger partial charge in [0.05, 0.1) is 31.8 Å². The van der Waals surface area contributed by atoms with E-state index in [2.05, 4.69) is 24.4 Å². The van der Waals surface area contributed by atoms with Crippen LogP contribution in [0.4, 0.5) is 0 Å². The van der Waals surface area contributed by atoms with Crippen LogP contribution in [0, 0.1) is 6.92 Å². The van der Waals surface area contributed by atoms with Crippen LogP contribution in [0.5, 0.6) is 0 Å². The minimum atomic E-state index is -0.0375. The van der Waals surface area contributed by atoms with Crippen molar-refractivity contribution in [1.29, 1.82) is 0 Å². The van der Waals surface area contributed by atoms with Gasteiger partial charge in [0.1, 0.15) is 6.10 Å². The summed E-state index contributed by atoms with van der Waals surface area (Å²) < 4.78 is 11.6. The van der Waals surface area contributed by atoms with Gasteiger partial charge in [0, 0.05) is 13.2 Å². The van der Waals surface area contributed by atoms with Crippen molar-refractivity contribution in [3.8, 4) is 0 Å². The zero-order valence-electron chi connectivity index (χ0n) is 14.7. The van der Waals surface area contributed by atoms with Crippen molar-refractivity contribution in [3.63, 3.8) is 0 Å². The molecule has 0 aromatic heterocycles. The Morgan fingerprint density at radius 3 is 2.92 bits per heavy atom. The zero-order chi connectivity index (χ0) is 16.9. The van der Waals surface area contributed by atoms with E-state index in [1.807, 2.05) is 24.0 Å². The Balaban J connectivity index is 1.55. The predicted molar refractivity (Wildman–Crippen MR) is 92.9 cm³/mol. The highest BCUT2D eigenvalue weighted by molar-refractivity contribution is 5.78. The second kappa shape index (κ2) is 8.10. The summed E-state index contributed by atoms with van der Waals surface area (Å²) in [5, 5.41) is 3.25. The monoisotopic (exact) mass is 332 g/mol. The van der Waals surface area contributed by atoms with Crippen LogP contribution >= 0.6 is 0 Å². The Morgan fingerprint density at radius 1 is 1.33 bits per heavy atom. The first kappa shape index (κ1) is 17.4. The largest absolute Gasteiger partial charge is 0.377 e. The van der Waals surface area contributed by atoms with E-state index in [-0.39, 0.29) is 24.2 Å². The van der Waals surface area contributed by atoms with Crippen LogP contribution in [0.3, 0.4) is 0 Å². The average Bonchev–Trinajstić information content (AvgIpc) is 3.09. The van der Waals surface area contributed by atoms with E-state index in [1.165, 1.54) is 11.1 Å². The molecule has 3 rings (SSSR count). The number of morpholine rings is 1. The number of ether oxygens (including phenoxy) is 2. The molecule has 0 bridgehead atoms. The lowest BCUT2D eigenvalue weighted by Gasteiger charge is -2.38. The predicted octanol–water partition coefficient (Wildman–Crippen LogP) is 2.05. The van der Waals surface area contributed by atoms with Gasteiger partial charge in [0.25, 0.3) is 0 Å². The van der Waals surface area contributed by atoms with Crippen LogP contribution in [-0.2, 0) is 14.3 Å². The molecule has 2 aliphatic heterocycles. The maximum Gasteiger partial charge on any atom is 0.236 e. The van der Waals surface area contributed by atoms with Crippen LogP contribution < -0.4 is 5.32 Å². The van der Waals surface area contributed by atoms with Crippen molar-refractivity contribution >= 4 is 5.91 Å². The van der Waals surface area contributed by atoms with Crippen molar-refractivity contribution in [3.05, 3.63) is 35.4 Å². The van der Waals surface area contributed by atoms with Gasteiger partial charge in [0.2, 0.25) is 5.91 Å². The summed E-state index contributed by atoms with van der Waals surface area (Å²) in [6.45, 7) is 7.30. The fourth-order valence-corrected chi connectivity index (χ4v) is 3.49. The molecule has 5 heteroatoms. The molecule has 1 aromatic rings. The number of nitrogens with zero attached hydrogens (tertiary/aromatic N) is 1. The second-order valence-corrected chi connectivity index (χ2v) is 6.84. The van der Waals surface area contributed by atoms with Crippen molar-refractivity contribution < 1.29 is 14.3 Å². The SMILES string of the molecule is Cc1ccccc1[C@@H]1CN(C(=O)CNC[C@H]2CCCO2)[C@@H](C)CO1.